The van der Waals surface area contributed by atoms with Crippen molar-refractivity contribution < 1.29 is 9.53 Å². The molecule has 0 radical (unpaired) electrons. The lowest BCUT2D eigenvalue weighted by Crippen LogP contribution is -2.36. The van der Waals surface area contributed by atoms with Crippen LogP contribution in [0.4, 0.5) is 0 Å². The molecule has 28 heavy (non-hydrogen) atoms. The maximum absolute atomic E-state index is 12.8. The van der Waals surface area contributed by atoms with E-state index >= 15 is 0 Å². The number of carbonyl (C=O) groups excluding carboxylic acids is 1. The van der Waals surface area contributed by atoms with E-state index in [-0.39, 0.29) is 5.91 Å². The Labute approximate surface area is 168 Å². The van der Waals surface area contributed by atoms with Crippen LogP contribution in [0, 0.1) is 4.77 Å². The van der Waals surface area contributed by atoms with Crippen LogP contribution in [0.5, 0.6) is 5.75 Å². The number of carbonyl (C=O) groups is 1. The fourth-order valence-electron chi connectivity index (χ4n) is 3.56. The molecule has 0 unspecified atom stereocenters. The second kappa shape index (κ2) is 7.98. The number of hydrogen-bond acceptors (Lipinski definition) is 4. The Kier molecular flexibility index (Phi) is 5.25. The SMILES string of the molecule is COc1ccc(-c2n[nH]c(=S)n2CCC(=O)N2CCc3ccccc3C2)cc1. The van der Waals surface area contributed by atoms with E-state index in [4.69, 9.17) is 17.0 Å². The summed E-state index contributed by atoms with van der Waals surface area (Å²) in [6, 6.07) is 16.0. The van der Waals surface area contributed by atoms with Gasteiger partial charge in [0, 0.05) is 31.6 Å². The lowest BCUT2D eigenvalue weighted by molar-refractivity contribution is -0.132. The molecule has 0 fully saturated rings. The fraction of sp³-hybridized carbons (Fsp3) is 0.286. The minimum absolute atomic E-state index is 0.137. The van der Waals surface area contributed by atoms with E-state index in [2.05, 4.69) is 28.4 Å². The Morgan fingerprint density at radius 1 is 1.18 bits per heavy atom. The summed E-state index contributed by atoms with van der Waals surface area (Å²) >= 11 is 5.38. The van der Waals surface area contributed by atoms with Crippen LogP contribution in [0.3, 0.4) is 0 Å². The van der Waals surface area contributed by atoms with Gasteiger partial charge in [0.05, 0.1) is 7.11 Å². The molecule has 0 atom stereocenters. The third-order valence-electron chi connectivity index (χ3n) is 5.14. The summed E-state index contributed by atoms with van der Waals surface area (Å²) in [5.74, 6) is 1.65. The number of methoxy groups -OCH3 is 1. The second-order valence-electron chi connectivity index (χ2n) is 6.82. The van der Waals surface area contributed by atoms with Gasteiger partial charge in [-0.25, -0.2) is 0 Å². The number of aromatic nitrogens is 3. The molecule has 0 spiro atoms. The summed E-state index contributed by atoms with van der Waals surface area (Å²) in [5, 5.41) is 7.18. The van der Waals surface area contributed by atoms with Gasteiger partial charge in [-0.05, 0) is 54.0 Å². The van der Waals surface area contributed by atoms with Gasteiger partial charge in [-0.2, -0.15) is 5.10 Å². The van der Waals surface area contributed by atoms with Gasteiger partial charge in [-0.15, -0.1) is 0 Å². The Balaban J connectivity index is 1.46. The standard InChI is InChI=1S/C21H22N4O2S/c1-27-18-8-6-16(7-9-18)20-22-23-21(28)25(20)13-11-19(26)24-12-10-15-4-2-3-5-17(15)14-24/h2-9H,10-14H2,1H3,(H,23,28). The Morgan fingerprint density at radius 2 is 1.93 bits per heavy atom. The third-order valence-corrected chi connectivity index (χ3v) is 5.45. The van der Waals surface area contributed by atoms with Gasteiger partial charge in [-0.3, -0.25) is 14.5 Å². The molecule has 1 amide bonds. The number of amides is 1. The normalized spacial score (nSPS) is 13.2. The van der Waals surface area contributed by atoms with Crippen molar-refractivity contribution in [2.75, 3.05) is 13.7 Å². The fourth-order valence-corrected chi connectivity index (χ4v) is 3.78. The van der Waals surface area contributed by atoms with E-state index in [0.29, 0.717) is 24.3 Å². The molecule has 0 saturated carbocycles. The summed E-state index contributed by atoms with van der Waals surface area (Å²) in [5.41, 5.74) is 3.50. The molecule has 1 aliphatic heterocycles. The van der Waals surface area contributed by atoms with Crippen molar-refractivity contribution in [3.05, 3.63) is 64.4 Å². The first-order valence-corrected chi connectivity index (χ1v) is 9.70. The predicted octanol–water partition coefficient (Wildman–Crippen LogP) is 3.59. The number of H-pyrrole nitrogens is 1. The van der Waals surface area contributed by atoms with Crippen LogP contribution in [0.2, 0.25) is 0 Å². The molecule has 3 aromatic rings. The molecule has 0 saturated heterocycles. The summed E-state index contributed by atoms with van der Waals surface area (Å²) in [4.78, 5) is 14.7. The molecule has 2 aromatic carbocycles. The Hall–Kier alpha value is -2.93. The average Bonchev–Trinajstić information content (AvgIpc) is 3.12. The van der Waals surface area contributed by atoms with Crippen LogP contribution >= 0.6 is 12.2 Å². The summed E-state index contributed by atoms with van der Waals surface area (Å²) < 4.78 is 7.60. The van der Waals surface area contributed by atoms with Crippen LogP contribution < -0.4 is 4.74 Å². The maximum Gasteiger partial charge on any atom is 0.224 e. The molecule has 144 valence electrons. The first-order valence-electron chi connectivity index (χ1n) is 9.30. The Bertz CT molecular complexity index is 1040. The van der Waals surface area contributed by atoms with Gasteiger partial charge >= 0.3 is 0 Å². The van der Waals surface area contributed by atoms with Gasteiger partial charge < -0.3 is 9.64 Å². The topological polar surface area (TPSA) is 63.1 Å². The second-order valence-corrected chi connectivity index (χ2v) is 7.20. The molecule has 1 aliphatic rings. The molecule has 4 rings (SSSR count). The number of hydrogen-bond donors (Lipinski definition) is 1. The van der Waals surface area contributed by atoms with Crippen molar-refractivity contribution in [2.24, 2.45) is 0 Å². The van der Waals surface area contributed by atoms with Gasteiger partial charge in [0.15, 0.2) is 10.6 Å². The van der Waals surface area contributed by atoms with Crippen molar-refractivity contribution in [3.63, 3.8) is 0 Å². The van der Waals surface area contributed by atoms with Gasteiger partial charge in [0.2, 0.25) is 5.91 Å². The minimum atomic E-state index is 0.137. The van der Waals surface area contributed by atoms with E-state index < -0.39 is 0 Å². The zero-order chi connectivity index (χ0) is 19.5. The van der Waals surface area contributed by atoms with Gasteiger partial charge in [0.25, 0.3) is 0 Å². The van der Waals surface area contributed by atoms with E-state index in [1.807, 2.05) is 39.8 Å². The largest absolute Gasteiger partial charge is 0.497 e. The molecule has 6 nitrogen and oxygen atoms in total. The number of rotatable bonds is 5. The van der Waals surface area contributed by atoms with E-state index in [0.717, 1.165) is 30.1 Å². The monoisotopic (exact) mass is 394 g/mol. The number of nitrogens with zero attached hydrogens (tertiary/aromatic N) is 3. The average molecular weight is 395 g/mol. The van der Waals surface area contributed by atoms with Crippen molar-refractivity contribution in [3.8, 4) is 17.1 Å². The number of benzene rings is 2. The van der Waals surface area contributed by atoms with Crippen molar-refractivity contribution in [2.45, 2.75) is 25.9 Å². The highest BCUT2D eigenvalue weighted by molar-refractivity contribution is 7.71. The van der Waals surface area contributed by atoms with Crippen LogP contribution in [0.1, 0.15) is 17.5 Å². The molecular formula is C21H22N4O2S. The lowest BCUT2D eigenvalue weighted by atomic mass is 10.00. The van der Waals surface area contributed by atoms with Crippen molar-refractivity contribution in [1.29, 1.82) is 0 Å². The van der Waals surface area contributed by atoms with Crippen LogP contribution in [0.15, 0.2) is 48.5 Å². The lowest BCUT2D eigenvalue weighted by Gasteiger charge is -2.29. The number of ether oxygens (including phenoxy) is 1. The van der Waals surface area contributed by atoms with Gasteiger partial charge in [0.1, 0.15) is 5.75 Å². The predicted molar refractivity (Wildman–Crippen MR) is 110 cm³/mol. The highest BCUT2D eigenvalue weighted by Gasteiger charge is 2.20. The van der Waals surface area contributed by atoms with E-state index in [1.165, 1.54) is 11.1 Å². The zero-order valence-electron chi connectivity index (χ0n) is 15.7. The van der Waals surface area contributed by atoms with Crippen LogP contribution in [-0.4, -0.2) is 39.2 Å². The number of nitrogens with one attached hydrogen (secondary N) is 1. The third kappa shape index (κ3) is 3.71. The summed E-state index contributed by atoms with van der Waals surface area (Å²) in [6.07, 6.45) is 1.29. The molecule has 0 bridgehead atoms. The van der Waals surface area contributed by atoms with Gasteiger partial charge in [-0.1, -0.05) is 24.3 Å². The van der Waals surface area contributed by atoms with E-state index in [1.54, 1.807) is 7.11 Å². The maximum atomic E-state index is 12.8. The zero-order valence-corrected chi connectivity index (χ0v) is 16.5. The Morgan fingerprint density at radius 3 is 2.68 bits per heavy atom. The highest BCUT2D eigenvalue weighted by Crippen LogP contribution is 2.22. The first-order chi connectivity index (χ1) is 13.7. The molecule has 2 heterocycles. The minimum Gasteiger partial charge on any atom is -0.497 e. The number of fused-ring (bicyclic) bond motifs is 1. The molecule has 1 aromatic heterocycles. The highest BCUT2D eigenvalue weighted by atomic mass is 32.1. The van der Waals surface area contributed by atoms with E-state index in [9.17, 15) is 4.79 Å². The van der Waals surface area contributed by atoms with Crippen molar-refractivity contribution in [1.82, 2.24) is 19.7 Å². The smallest absolute Gasteiger partial charge is 0.224 e. The number of aromatic amines is 1. The van der Waals surface area contributed by atoms with Crippen LogP contribution in [0.25, 0.3) is 11.4 Å². The molecule has 7 heteroatoms. The molecule has 1 N–H and O–H groups in total. The molecule has 0 aliphatic carbocycles. The summed E-state index contributed by atoms with van der Waals surface area (Å²) in [6.45, 7) is 1.93. The quantitative estimate of drug-likeness (QED) is 0.672. The summed E-state index contributed by atoms with van der Waals surface area (Å²) in [7, 11) is 1.63. The first kappa shape index (κ1) is 18.4. The van der Waals surface area contributed by atoms with Crippen LogP contribution in [-0.2, 0) is 24.3 Å². The van der Waals surface area contributed by atoms with Crippen molar-refractivity contribution >= 4 is 18.1 Å². The molecular weight excluding hydrogens is 372 g/mol.